The fourth-order valence-electron chi connectivity index (χ4n) is 3.48. The highest BCUT2D eigenvalue weighted by Gasteiger charge is 2.30. The van der Waals surface area contributed by atoms with E-state index in [0.29, 0.717) is 17.3 Å². The van der Waals surface area contributed by atoms with Crippen LogP contribution < -0.4 is 5.32 Å². The smallest absolute Gasteiger partial charge is 0.259 e. The predicted molar refractivity (Wildman–Crippen MR) is 109 cm³/mol. The van der Waals surface area contributed by atoms with Gasteiger partial charge in [0, 0.05) is 17.4 Å². The van der Waals surface area contributed by atoms with Gasteiger partial charge in [0.1, 0.15) is 0 Å². The Labute approximate surface area is 167 Å². The second-order valence-corrected chi connectivity index (χ2v) is 7.58. The Balaban J connectivity index is 1.41. The first-order valence-electron chi connectivity index (χ1n) is 9.74. The summed E-state index contributed by atoms with van der Waals surface area (Å²) >= 11 is 0. The highest BCUT2D eigenvalue weighted by molar-refractivity contribution is 6.09. The van der Waals surface area contributed by atoms with E-state index in [0.717, 1.165) is 22.3 Å². The van der Waals surface area contributed by atoms with Crippen molar-refractivity contribution in [2.75, 3.05) is 5.32 Å². The number of hydrogen-bond acceptors (Lipinski definition) is 5. The number of amides is 1. The summed E-state index contributed by atoms with van der Waals surface area (Å²) in [7, 11) is 0. The van der Waals surface area contributed by atoms with Crippen molar-refractivity contribution in [3.63, 3.8) is 0 Å². The molecule has 5 rings (SSSR count). The third-order valence-electron chi connectivity index (χ3n) is 5.51. The molecular formula is C21H21N7O. The zero-order chi connectivity index (χ0) is 20.0. The summed E-state index contributed by atoms with van der Waals surface area (Å²) < 4.78 is 1.68. The molecular weight excluding hydrogens is 366 g/mol. The van der Waals surface area contributed by atoms with Crippen LogP contribution in [0.2, 0.25) is 0 Å². The molecule has 3 aromatic heterocycles. The second-order valence-electron chi connectivity index (χ2n) is 7.58. The first-order chi connectivity index (χ1) is 14.1. The van der Waals surface area contributed by atoms with Crippen LogP contribution in [0.5, 0.6) is 0 Å². The van der Waals surface area contributed by atoms with Crippen LogP contribution in [-0.4, -0.2) is 35.7 Å². The van der Waals surface area contributed by atoms with Gasteiger partial charge in [0.05, 0.1) is 23.3 Å². The van der Waals surface area contributed by atoms with Crippen molar-refractivity contribution >= 4 is 17.1 Å². The van der Waals surface area contributed by atoms with E-state index in [4.69, 9.17) is 0 Å². The second kappa shape index (κ2) is 6.80. The molecule has 0 spiro atoms. The number of nitrogens with zero attached hydrogens (tertiary/aromatic N) is 6. The predicted octanol–water partition coefficient (Wildman–Crippen LogP) is 3.52. The van der Waals surface area contributed by atoms with Crippen molar-refractivity contribution in [2.45, 2.75) is 32.7 Å². The molecule has 8 heteroatoms. The number of nitrogens with one attached hydrogen (secondary N) is 1. The first-order valence-corrected chi connectivity index (χ1v) is 9.74. The van der Waals surface area contributed by atoms with Crippen molar-refractivity contribution < 1.29 is 4.79 Å². The molecule has 1 fully saturated rings. The number of hydrogen-bond donors (Lipinski definition) is 1. The van der Waals surface area contributed by atoms with Crippen LogP contribution >= 0.6 is 0 Å². The van der Waals surface area contributed by atoms with E-state index in [1.165, 1.54) is 12.8 Å². The molecule has 1 aliphatic rings. The Bertz CT molecular complexity index is 1200. The van der Waals surface area contributed by atoms with Gasteiger partial charge >= 0.3 is 0 Å². The number of carbonyl (C=O) groups excluding carboxylic acids is 1. The maximum Gasteiger partial charge on any atom is 0.259 e. The highest BCUT2D eigenvalue weighted by atomic mass is 16.1. The topological polar surface area (TPSA) is 90.0 Å². The van der Waals surface area contributed by atoms with Crippen molar-refractivity contribution in [1.29, 1.82) is 0 Å². The number of rotatable bonds is 5. The van der Waals surface area contributed by atoms with Crippen LogP contribution in [0, 0.1) is 12.8 Å². The Morgan fingerprint density at radius 1 is 1.24 bits per heavy atom. The quantitative estimate of drug-likeness (QED) is 0.566. The van der Waals surface area contributed by atoms with E-state index in [-0.39, 0.29) is 11.9 Å². The lowest BCUT2D eigenvalue weighted by atomic mass is 10.1. The third-order valence-corrected chi connectivity index (χ3v) is 5.51. The van der Waals surface area contributed by atoms with Gasteiger partial charge in [-0.15, -0.1) is 10.2 Å². The van der Waals surface area contributed by atoms with Gasteiger partial charge in [0.15, 0.2) is 0 Å². The molecule has 0 unspecified atom stereocenters. The molecule has 1 saturated carbocycles. The lowest BCUT2D eigenvalue weighted by molar-refractivity contribution is 0.102. The minimum Gasteiger partial charge on any atom is -0.322 e. The van der Waals surface area contributed by atoms with Crippen LogP contribution in [0.25, 0.3) is 16.9 Å². The van der Waals surface area contributed by atoms with E-state index < -0.39 is 0 Å². The normalized spacial score (nSPS) is 14.8. The minimum absolute atomic E-state index is 0.203. The number of aromatic nitrogens is 6. The monoisotopic (exact) mass is 387 g/mol. The van der Waals surface area contributed by atoms with Gasteiger partial charge in [-0.3, -0.25) is 4.79 Å². The Morgan fingerprint density at radius 3 is 2.93 bits per heavy atom. The molecule has 0 aliphatic heterocycles. The van der Waals surface area contributed by atoms with Crippen LogP contribution in [0.1, 0.15) is 41.7 Å². The summed E-state index contributed by atoms with van der Waals surface area (Å²) in [6, 6.07) is 11.7. The number of tetrazole rings is 1. The average Bonchev–Trinajstić information content (AvgIpc) is 3.30. The Hall–Kier alpha value is -3.55. The summed E-state index contributed by atoms with van der Waals surface area (Å²) in [5, 5.41) is 20.2. The number of pyridine rings is 1. The fraction of sp³-hybridized carbons (Fsp3) is 0.286. The van der Waals surface area contributed by atoms with Crippen LogP contribution in [-0.2, 0) is 0 Å². The maximum atomic E-state index is 12.9. The molecule has 29 heavy (non-hydrogen) atoms. The van der Waals surface area contributed by atoms with Crippen molar-refractivity contribution in [2.24, 2.45) is 5.92 Å². The van der Waals surface area contributed by atoms with Gasteiger partial charge < -0.3 is 5.32 Å². The van der Waals surface area contributed by atoms with Crippen molar-refractivity contribution in [1.82, 2.24) is 29.8 Å². The molecule has 1 atom stereocenters. The standard InChI is InChI=1S/C21H21N7O/c1-13-6-7-16(20-24-26-28(25-20)14(2)15-8-9-15)11-18(13)23-21(29)17-12-22-27-10-4-3-5-19(17)27/h3-7,10-12,14-15H,8-9H2,1-2H3,(H,23,29)/t14-/m1/s1. The lowest BCUT2D eigenvalue weighted by Crippen LogP contribution is -2.12. The molecule has 1 aromatic carbocycles. The number of anilines is 1. The van der Waals surface area contributed by atoms with Gasteiger partial charge in [0.25, 0.3) is 5.91 Å². The SMILES string of the molecule is Cc1ccc(-c2nnn([C@H](C)C3CC3)n2)cc1NC(=O)c1cnn2ccccc12. The Kier molecular flexibility index (Phi) is 4.12. The Morgan fingerprint density at radius 2 is 2.10 bits per heavy atom. The molecule has 1 aliphatic carbocycles. The molecule has 0 saturated heterocycles. The third kappa shape index (κ3) is 3.26. The van der Waals surface area contributed by atoms with E-state index in [1.807, 2.05) is 49.5 Å². The van der Waals surface area contributed by atoms with Crippen LogP contribution in [0.4, 0.5) is 5.69 Å². The van der Waals surface area contributed by atoms with Crippen LogP contribution in [0.3, 0.4) is 0 Å². The molecule has 1 amide bonds. The number of aryl methyl sites for hydroxylation is 1. The lowest BCUT2D eigenvalue weighted by Gasteiger charge is -2.09. The zero-order valence-electron chi connectivity index (χ0n) is 16.3. The van der Waals surface area contributed by atoms with E-state index >= 15 is 0 Å². The van der Waals surface area contributed by atoms with Crippen molar-refractivity contribution in [3.8, 4) is 11.4 Å². The summed E-state index contributed by atoms with van der Waals surface area (Å²) in [5.74, 6) is 1.00. The molecule has 4 aromatic rings. The average molecular weight is 387 g/mol. The summed E-state index contributed by atoms with van der Waals surface area (Å²) in [6.07, 6.45) is 5.84. The van der Waals surface area contributed by atoms with Crippen LogP contribution in [0.15, 0.2) is 48.8 Å². The maximum absolute atomic E-state index is 12.9. The van der Waals surface area contributed by atoms with Gasteiger partial charge in [-0.2, -0.15) is 9.90 Å². The number of carbonyl (C=O) groups is 1. The molecule has 0 radical (unpaired) electrons. The summed E-state index contributed by atoms with van der Waals surface area (Å²) in [5.41, 5.74) is 3.78. The molecule has 8 nitrogen and oxygen atoms in total. The van der Waals surface area contributed by atoms with Gasteiger partial charge in [-0.1, -0.05) is 18.2 Å². The van der Waals surface area contributed by atoms with E-state index in [2.05, 4.69) is 32.7 Å². The zero-order valence-corrected chi connectivity index (χ0v) is 16.3. The van der Waals surface area contributed by atoms with E-state index in [1.54, 1.807) is 15.5 Å². The fourth-order valence-corrected chi connectivity index (χ4v) is 3.48. The molecule has 3 heterocycles. The highest BCUT2D eigenvalue weighted by Crippen LogP contribution is 2.38. The molecule has 0 bridgehead atoms. The largest absolute Gasteiger partial charge is 0.322 e. The van der Waals surface area contributed by atoms with E-state index in [9.17, 15) is 4.79 Å². The number of benzene rings is 1. The first kappa shape index (κ1) is 17.5. The minimum atomic E-state index is -0.203. The molecule has 146 valence electrons. The van der Waals surface area contributed by atoms with Gasteiger partial charge in [-0.05, 0) is 61.6 Å². The summed E-state index contributed by atoms with van der Waals surface area (Å²) in [6.45, 7) is 4.08. The van der Waals surface area contributed by atoms with Gasteiger partial charge in [-0.25, -0.2) is 4.52 Å². The molecule has 1 N–H and O–H groups in total. The summed E-state index contributed by atoms with van der Waals surface area (Å²) in [4.78, 5) is 14.6. The van der Waals surface area contributed by atoms with Gasteiger partial charge in [0.2, 0.25) is 5.82 Å². The van der Waals surface area contributed by atoms with Crippen molar-refractivity contribution in [3.05, 3.63) is 59.9 Å². The number of fused-ring (bicyclic) bond motifs is 1.